The summed E-state index contributed by atoms with van der Waals surface area (Å²) >= 11 is 7.20. The maximum absolute atomic E-state index is 3.75. The Balaban J connectivity index is 2.35. The first-order chi connectivity index (χ1) is 7.68. The van der Waals surface area contributed by atoms with Crippen molar-refractivity contribution < 1.29 is 0 Å². The molecule has 1 unspecified atom stereocenters. The summed E-state index contributed by atoms with van der Waals surface area (Å²) in [5.74, 6) is 0. The first kappa shape index (κ1) is 11.9. The molecule has 0 saturated heterocycles. The van der Waals surface area contributed by atoms with Crippen molar-refractivity contribution in [3.05, 3.63) is 69.7 Å². The molecule has 0 bridgehead atoms. The maximum Gasteiger partial charge on any atom is 0.0647 e. The number of halogens is 2. The van der Waals surface area contributed by atoms with Crippen LogP contribution in [0.25, 0.3) is 0 Å². The van der Waals surface area contributed by atoms with E-state index in [2.05, 4.69) is 87.3 Å². The van der Waals surface area contributed by atoms with Gasteiger partial charge < -0.3 is 0 Å². The highest BCUT2D eigenvalue weighted by atomic mass is 79.9. The number of hydrogen-bond acceptors (Lipinski definition) is 0. The third-order valence-corrected chi connectivity index (χ3v) is 4.17. The van der Waals surface area contributed by atoms with Gasteiger partial charge in [-0.15, -0.1) is 0 Å². The molecule has 16 heavy (non-hydrogen) atoms. The molecule has 0 aliphatic carbocycles. The molecule has 0 radical (unpaired) electrons. The highest BCUT2D eigenvalue weighted by molar-refractivity contribution is 9.10. The van der Waals surface area contributed by atoms with Gasteiger partial charge in [-0.05, 0) is 35.7 Å². The third-order valence-electron chi connectivity index (χ3n) is 2.62. The molecule has 0 fully saturated rings. The number of rotatable bonds is 2. The summed E-state index contributed by atoms with van der Waals surface area (Å²) in [5.41, 5.74) is 3.91. The molecular formula is C14H12Br2. The predicted molar refractivity (Wildman–Crippen MR) is 76.1 cm³/mol. The van der Waals surface area contributed by atoms with Gasteiger partial charge in [0, 0.05) is 4.47 Å². The van der Waals surface area contributed by atoms with Gasteiger partial charge in [0.25, 0.3) is 0 Å². The lowest BCUT2D eigenvalue weighted by atomic mass is 10.0. The van der Waals surface area contributed by atoms with Gasteiger partial charge in [0.05, 0.1) is 4.83 Å². The quantitative estimate of drug-likeness (QED) is 0.656. The van der Waals surface area contributed by atoms with Crippen LogP contribution in [0, 0.1) is 6.92 Å². The third kappa shape index (κ3) is 2.55. The van der Waals surface area contributed by atoms with E-state index in [1.807, 2.05) is 0 Å². The van der Waals surface area contributed by atoms with Crippen LogP contribution in [0.2, 0.25) is 0 Å². The van der Waals surface area contributed by atoms with Crippen LogP contribution in [-0.4, -0.2) is 0 Å². The minimum atomic E-state index is 0.266. The fraction of sp³-hybridized carbons (Fsp3) is 0.143. The first-order valence-electron chi connectivity index (χ1n) is 5.13. The molecule has 2 aromatic rings. The zero-order valence-electron chi connectivity index (χ0n) is 8.95. The van der Waals surface area contributed by atoms with Crippen molar-refractivity contribution in [3.8, 4) is 0 Å². The van der Waals surface area contributed by atoms with Crippen LogP contribution in [0.1, 0.15) is 21.5 Å². The fourth-order valence-electron chi connectivity index (χ4n) is 1.68. The smallest absolute Gasteiger partial charge is 0.0647 e. The summed E-state index contributed by atoms with van der Waals surface area (Å²) in [6.07, 6.45) is 0. The van der Waals surface area contributed by atoms with Crippen LogP contribution in [0.3, 0.4) is 0 Å². The summed E-state index contributed by atoms with van der Waals surface area (Å²) < 4.78 is 1.11. The van der Waals surface area contributed by atoms with Gasteiger partial charge in [-0.25, -0.2) is 0 Å². The van der Waals surface area contributed by atoms with Crippen molar-refractivity contribution in [2.75, 3.05) is 0 Å². The lowest BCUT2D eigenvalue weighted by Gasteiger charge is -2.13. The van der Waals surface area contributed by atoms with E-state index in [4.69, 9.17) is 0 Å². The molecule has 0 heterocycles. The summed E-state index contributed by atoms with van der Waals surface area (Å²) in [7, 11) is 0. The summed E-state index contributed by atoms with van der Waals surface area (Å²) in [5, 5.41) is 0. The number of aryl methyl sites for hydroxylation is 1. The van der Waals surface area contributed by atoms with Crippen molar-refractivity contribution >= 4 is 31.9 Å². The molecule has 1 atom stereocenters. The monoisotopic (exact) mass is 338 g/mol. The Morgan fingerprint density at radius 3 is 2.19 bits per heavy atom. The van der Waals surface area contributed by atoms with Crippen molar-refractivity contribution in [1.82, 2.24) is 0 Å². The molecular weight excluding hydrogens is 328 g/mol. The number of hydrogen-bond donors (Lipinski definition) is 0. The van der Waals surface area contributed by atoms with Gasteiger partial charge in [-0.2, -0.15) is 0 Å². The number of benzene rings is 2. The van der Waals surface area contributed by atoms with E-state index in [0.29, 0.717) is 0 Å². The number of alkyl halides is 1. The molecule has 0 saturated carbocycles. The standard InChI is InChI=1S/C14H12Br2/c1-10-4-2-3-5-13(10)14(16)11-6-8-12(15)9-7-11/h2-9,14H,1H3. The predicted octanol–water partition coefficient (Wildman–Crippen LogP) is 5.24. The summed E-state index contributed by atoms with van der Waals surface area (Å²) in [4.78, 5) is 0.266. The van der Waals surface area contributed by atoms with Crippen LogP contribution >= 0.6 is 31.9 Å². The molecule has 0 spiro atoms. The highest BCUT2D eigenvalue weighted by Crippen LogP contribution is 2.33. The van der Waals surface area contributed by atoms with Crippen molar-refractivity contribution in [2.24, 2.45) is 0 Å². The Morgan fingerprint density at radius 2 is 1.56 bits per heavy atom. The summed E-state index contributed by atoms with van der Waals surface area (Å²) in [6, 6.07) is 16.9. The minimum absolute atomic E-state index is 0.266. The van der Waals surface area contributed by atoms with Gasteiger partial charge in [0.1, 0.15) is 0 Å². The average Bonchev–Trinajstić information content (AvgIpc) is 2.30. The van der Waals surface area contributed by atoms with Gasteiger partial charge in [0.15, 0.2) is 0 Å². The molecule has 82 valence electrons. The minimum Gasteiger partial charge on any atom is -0.0786 e. The zero-order valence-corrected chi connectivity index (χ0v) is 12.1. The Kier molecular flexibility index (Phi) is 3.82. The molecule has 0 nitrogen and oxygen atoms in total. The molecule has 0 aliphatic heterocycles. The van der Waals surface area contributed by atoms with Crippen LogP contribution in [0.15, 0.2) is 53.0 Å². The van der Waals surface area contributed by atoms with Crippen molar-refractivity contribution in [3.63, 3.8) is 0 Å². The van der Waals surface area contributed by atoms with Crippen molar-refractivity contribution in [2.45, 2.75) is 11.8 Å². The SMILES string of the molecule is Cc1ccccc1C(Br)c1ccc(Br)cc1. The molecule has 0 aromatic heterocycles. The molecule has 0 amide bonds. The van der Waals surface area contributed by atoms with E-state index in [9.17, 15) is 0 Å². The molecule has 2 aromatic carbocycles. The summed E-state index contributed by atoms with van der Waals surface area (Å²) in [6.45, 7) is 2.14. The largest absolute Gasteiger partial charge is 0.0786 e. The van der Waals surface area contributed by atoms with Crippen LogP contribution in [0.4, 0.5) is 0 Å². The van der Waals surface area contributed by atoms with E-state index in [1.165, 1.54) is 16.7 Å². The van der Waals surface area contributed by atoms with E-state index in [1.54, 1.807) is 0 Å². The second-order valence-corrected chi connectivity index (χ2v) is 5.60. The van der Waals surface area contributed by atoms with E-state index in [0.717, 1.165) is 4.47 Å². The Morgan fingerprint density at radius 1 is 0.938 bits per heavy atom. The molecule has 2 heteroatoms. The highest BCUT2D eigenvalue weighted by Gasteiger charge is 2.11. The van der Waals surface area contributed by atoms with Gasteiger partial charge in [-0.1, -0.05) is 68.3 Å². The topological polar surface area (TPSA) is 0 Å². The Hall–Kier alpha value is -0.600. The normalized spacial score (nSPS) is 12.4. The maximum atomic E-state index is 3.75. The van der Waals surface area contributed by atoms with Crippen LogP contribution in [-0.2, 0) is 0 Å². The molecule has 0 aliphatic rings. The first-order valence-corrected chi connectivity index (χ1v) is 6.84. The molecule has 0 N–H and O–H groups in total. The van der Waals surface area contributed by atoms with Gasteiger partial charge >= 0.3 is 0 Å². The lowest BCUT2D eigenvalue weighted by Crippen LogP contribution is -1.95. The van der Waals surface area contributed by atoms with E-state index < -0.39 is 0 Å². The average molecular weight is 340 g/mol. The van der Waals surface area contributed by atoms with Crippen LogP contribution < -0.4 is 0 Å². The second kappa shape index (κ2) is 5.15. The van der Waals surface area contributed by atoms with Crippen molar-refractivity contribution in [1.29, 1.82) is 0 Å². The second-order valence-electron chi connectivity index (χ2n) is 3.77. The molecule has 2 rings (SSSR count). The van der Waals surface area contributed by atoms with Crippen LogP contribution in [0.5, 0.6) is 0 Å². The van der Waals surface area contributed by atoms with E-state index in [-0.39, 0.29) is 4.83 Å². The van der Waals surface area contributed by atoms with E-state index >= 15 is 0 Å². The fourth-order valence-corrected chi connectivity index (χ4v) is 2.77. The Labute approximate surface area is 113 Å². The van der Waals surface area contributed by atoms with Gasteiger partial charge in [0.2, 0.25) is 0 Å². The Bertz CT molecular complexity index is 474. The van der Waals surface area contributed by atoms with Gasteiger partial charge in [-0.3, -0.25) is 0 Å². The lowest BCUT2D eigenvalue weighted by molar-refractivity contribution is 1.14. The zero-order chi connectivity index (χ0) is 11.5.